The van der Waals surface area contributed by atoms with Crippen LogP contribution in [0.2, 0.25) is 0 Å². The highest BCUT2D eigenvalue weighted by Gasteiger charge is 2.39. The number of nitrogens with two attached hydrogens (primary N) is 1. The Bertz CT molecular complexity index is 2410. The molecular formula is C47H58N10O5. The van der Waals surface area contributed by atoms with Gasteiger partial charge in [-0.1, -0.05) is 31.5 Å². The summed E-state index contributed by atoms with van der Waals surface area (Å²) in [6.45, 7) is 11.6. The first-order chi connectivity index (χ1) is 30.1. The Morgan fingerprint density at radius 2 is 1.77 bits per heavy atom. The first-order valence-electron chi connectivity index (χ1n) is 22.1. The fraction of sp³-hybridized carbons (Fsp3) is 0.468. The van der Waals surface area contributed by atoms with Gasteiger partial charge < -0.3 is 24.8 Å². The predicted octanol–water partition coefficient (Wildman–Crippen LogP) is 5.06. The number of aliphatic imine (C=N–C) groups is 1. The Balaban J connectivity index is 0.852. The van der Waals surface area contributed by atoms with E-state index in [1.807, 2.05) is 19.1 Å². The van der Waals surface area contributed by atoms with E-state index in [1.54, 1.807) is 24.1 Å². The number of imidazole rings is 1. The Hall–Kier alpha value is -5.93. The maximum absolute atomic E-state index is 13.8. The van der Waals surface area contributed by atoms with Crippen LogP contribution in [0.4, 0.5) is 5.95 Å². The number of piperazine rings is 1. The van der Waals surface area contributed by atoms with Gasteiger partial charge in [0.1, 0.15) is 6.04 Å². The molecule has 2 bridgehead atoms. The summed E-state index contributed by atoms with van der Waals surface area (Å²) in [6, 6.07) is 15.2. The summed E-state index contributed by atoms with van der Waals surface area (Å²) in [5.74, 6) is 0.160. The lowest BCUT2D eigenvalue weighted by atomic mass is 9.98. The van der Waals surface area contributed by atoms with Gasteiger partial charge in [-0.25, -0.2) is 4.98 Å². The van der Waals surface area contributed by atoms with Gasteiger partial charge in [-0.3, -0.25) is 44.7 Å². The highest BCUT2D eigenvalue weighted by atomic mass is 16.5. The summed E-state index contributed by atoms with van der Waals surface area (Å²) in [5.41, 5.74) is 14.2. The van der Waals surface area contributed by atoms with Crippen molar-refractivity contribution in [3.8, 4) is 0 Å². The molecule has 15 nitrogen and oxygen atoms in total. The number of anilines is 1. The van der Waals surface area contributed by atoms with Crippen LogP contribution in [0.3, 0.4) is 0 Å². The Kier molecular flexibility index (Phi) is 13.1. The van der Waals surface area contributed by atoms with Crippen molar-refractivity contribution in [3.05, 3.63) is 93.9 Å². The van der Waals surface area contributed by atoms with Crippen molar-refractivity contribution in [2.45, 2.75) is 90.9 Å². The van der Waals surface area contributed by atoms with Gasteiger partial charge in [0.25, 0.3) is 11.8 Å². The van der Waals surface area contributed by atoms with Crippen LogP contribution in [0.25, 0.3) is 16.6 Å². The van der Waals surface area contributed by atoms with Crippen molar-refractivity contribution in [3.63, 3.8) is 0 Å². The zero-order valence-electron chi connectivity index (χ0n) is 36.1. The number of carbonyl (C=O) groups is 4. The summed E-state index contributed by atoms with van der Waals surface area (Å²) in [4.78, 5) is 71.9. The third-order valence-electron chi connectivity index (χ3n) is 12.7. The maximum Gasteiger partial charge on any atom is 0.258 e. The van der Waals surface area contributed by atoms with Gasteiger partial charge in [-0.15, -0.1) is 0 Å². The predicted molar refractivity (Wildman–Crippen MR) is 238 cm³/mol. The number of benzene rings is 2. The van der Waals surface area contributed by atoms with Crippen LogP contribution in [0.5, 0.6) is 0 Å². The lowest BCUT2D eigenvalue weighted by molar-refractivity contribution is -0.136. The third-order valence-corrected chi connectivity index (χ3v) is 12.7. The van der Waals surface area contributed by atoms with E-state index in [4.69, 9.17) is 15.5 Å². The lowest BCUT2D eigenvalue weighted by Gasteiger charge is -2.34. The molecule has 2 aromatic heterocycles. The number of pyridine rings is 1. The quantitative estimate of drug-likeness (QED) is 0.152. The van der Waals surface area contributed by atoms with E-state index >= 15 is 0 Å². The van der Waals surface area contributed by atoms with E-state index in [2.05, 4.69) is 66.2 Å². The number of fused-ring (bicyclic) bond motifs is 6. The van der Waals surface area contributed by atoms with Crippen LogP contribution in [0, 0.1) is 12.8 Å². The van der Waals surface area contributed by atoms with Gasteiger partial charge >= 0.3 is 0 Å². The molecule has 4 aliphatic heterocycles. The first kappa shape index (κ1) is 42.7. The number of imide groups is 1. The van der Waals surface area contributed by atoms with E-state index in [1.165, 1.54) is 17.3 Å². The number of hydrogen-bond donors (Lipinski definition) is 3. The summed E-state index contributed by atoms with van der Waals surface area (Å²) < 4.78 is 8.25. The number of rotatable bonds is 9. The van der Waals surface area contributed by atoms with Crippen molar-refractivity contribution < 1.29 is 23.9 Å². The first-order valence-corrected chi connectivity index (χ1v) is 22.1. The molecule has 4 amide bonds. The molecule has 2 atom stereocenters. The molecule has 1 unspecified atom stereocenters. The minimum absolute atomic E-state index is 0.117. The molecule has 2 saturated heterocycles. The Morgan fingerprint density at radius 3 is 2.56 bits per heavy atom. The fourth-order valence-corrected chi connectivity index (χ4v) is 9.33. The van der Waals surface area contributed by atoms with Gasteiger partial charge in [0, 0.05) is 82.3 Å². The second-order valence-corrected chi connectivity index (χ2v) is 17.2. The molecule has 2 fully saturated rings. The molecule has 0 saturated carbocycles. The Morgan fingerprint density at radius 1 is 0.952 bits per heavy atom. The SMILES string of the molecule is CN=C1OCCC[C@@H](C)Cn2c(nc3ccc(CN4CCN(CCCCCc5cccc6c5CN(C5CCC(=O)NC5=O)C6=O)CC4)cc32)NC(=O)c2cc(C)nc(c2)C1=CN. The van der Waals surface area contributed by atoms with Crippen molar-refractivity contribution >= 4 is 52.1 Å². The summed E-state index contributed by atoms with van der Waals surface area (Å²) in [5, 5.41) is 5.51. The molecule has 0 aliphatic carbocycles. The van der Waals surface area contributed by atoms with Crippen LogP contribution < -0.4 is 16.4 Å². The molecule has 0 radical (unpaired) electrons. The molecule has 326 valence electrons. The smallest absolute Gasteiger partial charge is 0.258 e. The van der Waals surface area contributed by atoms with Gasteiger partial charge in [0.15, 0.2) is 0 Å². The molecule has 4 N–H and O–H groups in total. The van der Waals surface area contributed by atoms with Gasteiger partial charge in [-0.2, -0.15) is 0 Å². The average Bonchev–Trinajstić information content (AvgIpc) is 3.77. The number of aromatic nitrogens is 3. The molecule has 8 rings (SSSR count). The second-order valence-electron chi connectivity index (χ2n) is 17.2. The molecule has 4 aliphatic rings. The third kappa shape index (κ3) is 9.43. The number of hydrogen-bond acceptors (Lipinski definition) is 11. The monoisotopic (exact) mass is 842 g/mol. The molecule has 6 heterocycles. The van der Waals surface area contributed by atoms with E-state index in [-0.39, 0.29) is 36.0 Å². The van der Waals surface area contributed by atoms with Crippen molar-refractivity contribution in [1.29, 1.82) is 0 Å². The lowest BCUT2D eigenvalue weighted by Crippen LogP contribution is -2.52. The number of carbonyl (C=O) groups excluding carboxylic acids is 4. The van der Waals surface area contributed by atoms with E-state index in [9.17, 15) is 19.2 Å². The van der Waals surface area contributed by atoms with Crippen LogP contribution >= 0.6 is 0 Å². The number of aryl methyl sites for hydroxylation is 2. The number of piperidine rings is 1. The molecule has 15 heteroatoms. The van der Waals surface area contributed by atoms with Crippen LogP contribution in [0.15, 0.2) is 59.7 Å². The molecule has 4 aromatic rings. The Labute approximate surface area is 362 Å². The number of nitrogens with zero attached hydrogens (tertiary/aromatic N) is 7. The fourth-order valence-electron chi connectivity index (χ4n) is 9.33. The number of nitrogens with one attached hydrogen (secondary N) is 2. The van der Waals surface area contributed by atoms with Crippen LogP contribution in [-0.2, 0) is 40.4 Å². The standard InChI is InChI=1S/C47H58N10O5/c1-30-9-8-22-62-45(49-3)36(26-48)39-25-34(23-31(2)50-39)43(59)53-47-51-38-14-13-32(24-41(38)57(47)27-30)28-55-20-18-54(19-21-55)17-6-4-5-10-33-11-7-12-35-37(33)29-56(46(35)61)40-15-16-42(58)52-44(40)60/h7,11-14,23-26,30,40H,4-6,8-10,15-22,27-29,48H2,1-3H3,(H,51,53,59)(H,52,58,60)/t30-,40?/m1/s1. The molecule has 62 heavy (non-hydrogen) atoms. The molecule has 2 aromatic carbocycles. The number of ether oxygens (including phenoxy) is 1. The normalized spacial score (nSPS) is 22.0. The average molecular weight is 843 g/mol. The molecular weight excluding hydrogens is 785 g/mol. The minimum atomic E-state index is -0.593. The largest absolute Gasteiger partial charge is 0.477 e. The minimum Gasteiger partial charge on any atom is -0.477 e. The zero-order valence-corrected chi connectivity index (χ0v) is 36.1. The molecule has 0 spiro atoms. The van der Waals surface area contributed by atoms with E-state index < -0.39 is 6.04 Å². The van der Waals surface area contributed by atoms with Crippen molar-refractivity contribution in [1.82, 2.24) is 34.6 Å². The highest BCUT2D eigenvalue weighted by Crippen LogP contribution is 2.31. The second kappa shape index (κ2) is 19.0. The van der Waals surface area contributed by atoms with E-state index in [0.29, 0.717) is 66.1 Å². The van der Waals surface area contributed by atoms with Gasteiger partial charge in [-0.05, 0) is 105 Å². The van der Waals surface area contributed by atoms with Gasteiger partial charge in [0.2, 0.25) is 23.7 Å². The zero-order chi connectivity index (χ0) is 43.3. The summed E-state index contributed by atoms with van der Waals surface area (Å²) in [6.07, 6.45) is 7.93. The van der Waals surface area contributed by atoms with E-state index in [0.717, 1.165) is 94.4 Å². The van der Waals surface area contributed by atoms with Crippen molar-refractivity contribution in [2.75, 3.05) is 51.7 Å². The van der Waals surface area contributed by atoms with Crippen molar-refractivity contribution in [2.24, 2.45) is 16.6 Å². The number of amides is 4. The number of unbranched alkanes of at least 4 members (excludes halogenated alkanes) is 2. The summed E-state index contributed by atoms with van der Waals surface area (Å²) >= 11 is 0. The van der Waals surface area contributed by atoms with Crippen LogP contribution in [-0.4, -0.2) is 111 Å². The topological polar surface area (TPSA) is 180 Å². The highest BCUT2D eigenvalue weighted by molar-refractivity contribution is 6.19. The van der Waals surface area contributed by atoms with Gasteiger partial charge in [0.05, 0.1) is 28.9 Å². The maximum atomic E-state index is 13.8. The summed E-state index contributed by atoms with van der Waals surface area (Å²) in [7, 11) is 1.66. The van der Waals surface area contributed by atoms with Crippen LogP contribution in [0.1, 0.15) is 101 Å².